The molecule has 1 amide bonds. The summed E-state index contributed by atoms with van der Waals surface area (Å²) in [6.07, 6.45) is 0. The van der Waals surface area contributed by atoms with E-state index >= 15 is 0 Å². The Labute approximate surface area is 176 Å². The molecule has 0 saturated heterocycles. The maximum absolute atomic E-state index is 12.0. The number of rotatable bonds is 11. The molecule has 0 aliphatic rings. The third-order valence-electron chi connectivity index (χ3n) is 4.19. The number of likely N-dealkylation sites (N-methyl/N-ethyl adjacent to an activating group) is 1. The number of nitrogens with zero attached hydrogens (tertiary/aromatic N) is 2. The first-order valence-electron chi connectivity index (χ1n) is 10.5. The number of guanidine groups is 1. The average Bonchev–Trinajstić information content (AvgIpc) is 2.67. The minimum atomic E-state index is -0.247. The van der Waals surface area contributed by atoms with E-state index in [-0.39, 0.29) is 18.0 Å². The number of nitrogens with one attached hydrogen (secondary N) is 3. The van der Waals surface area contributed by atoms with Crippen molar-refractivity contribution in [2.75, 3.05) is 39.3 Å². The molecule has 0 aliphatic heterocycles. The lowest BCUT2D eigenvalue weighted by atomic mass is 10.1. The molecule has 1 aromatic rings. The quantitative estimate of drug-likeness (QED) is 0.389. The van der Waals surface area contributed by atoms with Gasteiger partial charge in [-0.1, -0.05) is 26.0 Å². The third kappa shape index (κ3) is 11.3. The van der Waals surface area contributed by atoms with Crippen molar-refractivity contribution in [2.45, 2.75) is 53.6 Å². The van der Waals surface area contributed by atoms with E-state index in [4.69, 9.17) is 4.74 Å². The highest BCUT2D eigenvalue weighted by Gasteiger charge is 2.13. The molecule has 0 aromatic heterocycles. The zero-order chi connectivity index (χ0) is 21.7. The van der Waals surface area contributed by atoms with E-state index in [9.17, 15) is 4.79 Å². The van der Waals surface area contributed by atoms with E-state index in [0.29, 0.717) is 19.1 Å². The van der Waals surface area contributed by atoms with E-state index in [1.54, 1.807) is 0 Å². The lowest BCUT2D eigenvalue weighted by molar-refractivity contribution is -0.121. The van der Waals surface area contributed by atoms with Crippen LogP contribution in [0.25, 0.3) is 0 Å². The molecule has 0 saturated carbocycles. The van der Waals surface area contributed by atoms with Gasteiger partial charge in [-0.25, -0.2) is 4.99 Å². The summed E-state index contributed by atoms with van der Waals surface area (Å²) in [6, 6.07) is 7.99. The lowest BCUT2D eigenvalue weighted by Crippen LogP contribution is -2.48. The Morgan fingerprint density at radius 3 is 2.28 bits per heavy atom. The maximum Gasteiger partial charge on any atom is 0.239 e. The molecular weight excluding hydrogens is 366 g/mol. The number of benzene rings is 1. The first-order chi connectivity index (χ1) is 13.8. The van der Waals surface area contributed by atoms with Gasteiger partial charge in [0, 0.05) is 18.6 Å². The van der Waals surface area contributed by atoms with Crippen LogP contribution in [0.1, 0.15) is 47.1 Å². The predicted molar refractivity (Wildman–Crippen MR) is 120 cm³/mol. The smallest absolute Gasteiger partial charge is 0.239 e. The molecule has 0 fully saturated rings. The van der Waals surface area contributed by atoms with Crippen LogP contribution in [0.3, 0.4) is 0 Å². The highest BCUT2D eigenvalue weighted by atomic mass is 16.5. The molecule has 7 nitrogen and oxygen atoms in total. The van der Waals surface area contributed by atoms with Gasteiger partial charge in [-0.3, -0.25) is 4.79 Å². The second kappa shape index (κ2) is 13.0. The second-order valence-corrected chi connectivity index (χ2v) is 7.87. The summed E-state index contributed by atoms with van der Waals surface area (Å²) in [4.78, 5) is 18.9. The largest absolute Gasteiger partial charge is 0.492 e. The number of hydrogen-bond acceptors (Lipinski definition) is 4. The number of carbonyl (C=O) groups excluding carboxylic acids is 1. The Bertz CT molecular complexity index is 619. The zero-order valence-electron chi connectivity index (χ0n) is 19.0. The molecule has 1 aromatic carbocycles. The van der Waals surface area contributed by atoms with Gasteiger partial charge in [-0.15, -0.1) is 0 Å². The Balaban J connectivity index is 2.51. The monoisotopic (exact) mass is 405 g/mol. The molecule has 0 heterocycles. The van der Waals surface area contributed by atoms with Crippen molar-refractivity contribution in [3.63, 3.8) is 0 Å². The van der Waals surface area contributed by atoms with Crippen LogP contribution in [0.2, 0.25) is 0 Å². The van der Waals surface area contributed by atoms with Gasteiger partial charge in [0.2, 0.25) is 5.91 Å². The van der Waals surface area contributed by atoms with E-state index < -0.39 is 0 Å². The van der Waals surface area contributed by atoms with Gasteiger partial charge in [0.05, 0.1) is 13.1 Å². The summed E-state index contributed by atoms with van der Waals surface area (Å²) >= 11 is 0. The van der Waals surface area contributed by atoms with E-state index in [1.807, 2.05) is 52.0 Å². The predicted octanol–water partition coefficient (Wildman–Crippen LogP) is 2.38. The molecular formula is C22H39N5O2. The molecule has 7 heteroatoms. The van der Waals surface area contributed by atoms with Crippen LogP contribution in [-0.4, -0.2) is 61.6 Å². The highest BCUT2D eigenvalue weighted by Crippen LogP contribution is 2.13. The molecule has 0 aliphatic carbocycles. The van der Waals surface area contributed by atoms with Crippen LogP contribution >= 0.6 is 0 Å². The molecule has 1 rings (SSSR count). The molecule has 0 bridgehead atoms. The SMILES string of the molecule is CCNC(=NCc1ccc(OCCN(CC)CC)cc1)NCC(=O)NC(C)(C)C. The molecule has 3 N–H and O–H groups in total. The van der Waals surface area contributed by atoms with E-state index in [1.165, 1.54) is 0 Å². The Kier molecular flexibility index (Phi) is 11.1. The van der Waals surface area contributed by atoms with Gasteiger partial charge in [-0.2, -0.15) is 0 Å². The fourth-order valence-corrected chi connectivity index (χ4v) is 2.66. The van der Waals surface area contributed by atoms with Gasteiger partial charge in [0.1, 0.15) is 12.4 Å². The van der Waals surface area contributed by atoms with Crippen molar-refractivity contribution >= 4 is 11.9 Å². The van der Waals surface area contributed by atoms with E-state index in [0.717, 1.165) is 37.5 Å². The first-order valence-corrected chi connectivity index (χ1v) is 10.5. The Morgan fingerprint density at radius 2 is 1.72 bits per heavy atom. The molecule has 164 valence electrons. The van der Waals surface area contributed by atoms with Crippen molar-refractivity contribution in [1.82, 2.24) is 20.9 Å². The number of ether oxygens (including phenoxy) is 1. The van der Waals surface area contributed by atoms with Crippen LogP contribution in [0, 0.1) is 0 Å². The van der Waals surface area contributed by atoms with Crippen molar-refractivity contribution in [3.8, 4) is 5.75 Å². The minimum absolute atomic E-state index is 0.0608. The molecule has 0 spiro atoms. The fraction of sp³-hybridized carbons (Fsp3) is 0.636. The Morgan fingerprint density at radius 1 is 1.07 bits per heavy atom. The molecule has 0 radical (unpaired) electrons. The Hall–Kier alpha value is -2.28. The van der Waals surface area contributed by atoms with Crippen LogP contribution in [0.15, 0.2) is 29.3 Å². The van der Waals surface area contributed by atoms with Crippen LogP contribution in [0.4, 0.5) is 0 Å². The number of carbonyl (C=O) groups is 1. The van der Waals surface area contributed by atoms with Gasteiger partial charge in [0.15, 0.2) is 5.96 Å². The number of hydrogen-bond donors (Lipinski definition) is 3. The molecule has 29 heavy (non-hydrogen) atoms. The minimum Gasteiger partial charge on any atom is -0.492 e. The molecule has 0 atom stereocenters. The molecule has 0 unspecified atom stereocenters. The number of amides is 1. The summed E-state index contributed by atoms with van der Waals surface area (Å²) < 4.78 is 5.82. The summed E-state index contributed by atoms with van der Waals surface area (Å²) in [5, 5.41) is 9.16. The summed E-state index contributed by atoms with van der Waals surface area (Å²) in [6.45, 7) is 17.3. The van der Waals surface area contributed by atoms with Crippen LogP contribution < -0.4 is 20.7 Å². The zero-order valence-corrected chi connectivity index (χ0v) is 19.0. The van der Waals surface area contributed by atoms with Gasteiger partial charge in [-0.05, 0) is 58.5 Å². The average molecular weight is 406 g/mol. The normalized spacial score (nSPS) is 12.0. The van der Waals surface area contributed by atoms with E-state index in [2.05, 4.69) is 39.7 Å². The second-order valence-electron chi connectivity index (χ2n) is 7.87. The summed E-state index contributed by atoms with van der Waals surface area (Å²) in [5.41, 5.74) is 0.834. The fourth-order valence-electron chi connectivity index (χ4n) is 2.66. The van der Waals surface area contributed by atoms with Crippen molar-refractivity contribution < 1.29 is 9.53 Å². The summed E-state index contributed by atoms with van der Waals surface area (Å²) in [7, 11) is 0. The van der Waals surface area contributed by atoms with Gasteiger partial charge < -0.3 is 25.6 Å². The van der Waals surface area contributed by atoms with Crippen LogP contribution in [0.5, 0.6) is 5.75 Å². The standard InChI is InChI=1S/C22H39N5O2/c1-7-23-21(25-17-20(28)26-22(4,5)6)24-16-18-10-12-19(13-11-18)29-15-14-27(8-2)9-3/h10-13H,7-9,14-17H2,1-6H3,(H,26,28)(H2,23,24,25). The first kappa shape index (κ1) is 24.8. The van der Waals surface area contributed by atoms with Crippen molar-refractivity contribution in [2.24, 2.45) is 4.99 Å². The maximum atomic E-state index is 12.0. The van der Waals surface area contributed by atoms with Crippen LogP contribution in [-0.2, 0) is 11.3 Å². The van der Waals surface area contributed by atoms with Crippen molar-refractivity contribution in [3.05, 3.63) is 29.8 Å². The third-order valence-corrected chi connectivity index (χ3v) is 4.19. The lowest BCUT2D eigenvalue weighted by Gasteiger charge is -2.21. The highest BCUT2D eigenvalue weighted by molar-refractivity contribution is 5.86. The topological polar surface area (TPSA) is 78.0 Å². The summed E-state index contributed by atoms with van der Waals surface area (Å²) in [5.74, 6) is 1.43. The van der Waals surface area contributed by atoms with Crippen molar-refractivity contribution in [1.29, 1.82) is 0 Å². The number of aliphatic imine (C=N–C) groups is 1. The van der Waals surface area contributed by atoms with Gasteiger partial charge >= 0.3 is 0 Å². The van der Waals surface area contributed by atoms with Gasteiger partial charge in [0.25, 0.3) is 0 Å².